The normalized spacial score (nSPS) is 12.7. The standard InChI is InChI=1S/C18H23N3O2.ClH/c1-4-13(3)17(19)18(22)21-14-7-10-16(20-11-14)23-15-8-5-12(2)6-9-15;/h5-11,13,17H,4,19H2,1-3H3,(H,21,22);1H. The molecule has 2 rings (SSSR count). The van der Waals surface area contributed by atoms with Gasteiger partial charge in [-0.1, -0.05) is 38.0 Å². The molecule has 2 unspecified atom stereocenters. The van der Waals surface area contributed by atoms with Gasteiger partial charge in [0.15, 0.2) is 0 Å². The average molecular weight is 350 g/mol. The van der Waals surface area contributed by atoms with E-state index in [9.17, 15) is 4.79 Å². The summed E-state index contributed by atoms with van der Waals surface area (Å²) in [6.45, 7) is 5.99. The van der Waals surface area contributed by atoms with Crippen molar-refractivity contribution in [1.82, 2.24) is 4.98 Å². The van der Waals surface area contributed by atoms with E-state index in [1.54, 1.807) is 18.3 Å². The first-order valence-corrected chi connectivity index (χ1v) is 7.76. The molecule has 0 spiro atoms. The van der Waals surface area contributed by atoms with Crippen molar-refractivity contribution in [3.05, 3.63) is 48.2 Å². The van der Waals surface area contributed by atoms with Gasteiger partial charge in [0, 0.05) is 6.07 Å². The first-order chi connectivity index (χ1) is 11.0. The van der Waals surface area contributed by atoms with Crippen LogP contribution in [0.2, 0.25) is 0 Å². The third kappa shape index (κ3) is 5.51. The number of aromatic nitrogens is 1. The summed E-state index contributed by atoms with van der Waals surface area (Å²) in [4.78, 5) is 16.2. The van der Waals surface area contributed by atoms with Crippen molar-refractivity contribution in [2.45, 2.75) is 33.2 Å². The van der Waals surface area contributed by atoms with Crippen LogP contribution in [0.15, 0.2) is 42.6 Å². The minimum Gasteiger partial charge on any atom is -0.439 e. The molecule has 0 bridgehead atoms. The molecule has 130 valence electrons. The molecule has 6 heteroatoms. The highest BCUT2D eigenvalue weighted by Crippen LogP contribution is 2.21. The van der Waals surface area contributed by atoms with E-state index in [1.807, 2.05) is 45.0 Å². The summed E-state index contributed by atoms with van der Waals surface area (Å²) in [7, 11) is 0. The number of benzene rings is 1. The van der Waals surface area contributed by atoms with E-state index in [0.29, 0.717) is 11.6 Å². The van der Waals surface area contributed by atoms with Gasteiger partial charge in [0.25, 0.3) is 0 Å². The van der Waals surface area contributed by atoms with Crippen LogP contribution in [0, 0.1) is 12.8 Å². The molecule has 1 aromatic carbocycles. The largest absolute Gasteiger partial charge is 0.439 e. The van der Waals surface area contributed by atoms with Crippen LogP contribution in [0.3, 0.4) is 0 Å². The van der Waals surface area contributed by atoms with Crippen LogP contribution in [0.5, 0.6) is 11.6 Å². The Kier molecular flexibility index (Phi) is 7.68. The molecule has 2 aromatic rings. The zero-order valence-electron chi connectivity index (χ0n) is 14.2. The van der Waals surface area contributed by atoms with Crippen molar-refractivity contribution in [3.63, 3.8) is 0 Å². The smallest absolute Gasteiger partial charge is 0.241 e. The lowest BCUT2D eigenvalue weighted by atomic mass is 9.99. The molecule has 0 fully saturated rings. The van der Waals surface area contributed by atoms with Gasteiger partial charge in [-0.05, 0) is 31.0 Å². The van der Waals surface area contributed by atoms with Gasteiger partial charge in [-0.3, -0.25) is 4.79 Å². The summed E-state index contributed by atoms with van der Waals surface area (Å²) in [5.74, 6) is 1.12. The number of hydrogen-bond acceptors (Lipinski definition) is 4. The Morgan fingerprint density at radius 3 is 2.46 bits per heavy atom. The Morgan fingerprint density at radius 2 is 1.92 bits per heavy atom. The van der Waals surface area contributed by atoms with Crippen LogP contribution in [0.1, 0.15) is 25.8 Å². The quantitative estimate of drug-likeness (QED) is 0.828. The maximum atomic E-state index is 12.0. The molecule has 3 N–H and O–H groups in total. The summed E-state index contributed by atoms with van der Waals surface area (Å²) in [5, 5.41) is 2.77. The van der Waals surface area contributed by atoms with Gasteiger partial charge < -0.3 is 15.8 Å². The Labute approximate surface area is 149 Å². The average Bonchev–Trinajstić information content (AvgIpc) is 2.57. The van der Waals surface area contributed by atoms with Gasteiger partial charge in [0.2, 0.25) is 11.8 Å². The monoisotopic (exact) mass is 349 g/mol. The summed E-state index contributed by atoms with van der Waals surface area (Å²) < 4.78 is 5.65. The number of aryl methyl sites for hydroxylation is 1. The third-order valence-corrected chi connectivity index (χ3v) is 3.81. The number of nitrogens with one attached hydrogen (secondary N) is 1. The predicted octanol–water partition coefficient (Wildman–Crippen LogP) is 3.92. The van der Waals surface area contributed by atoms with E-state index in [0.717, 1.165) is 12.2 Å². The molecule has 1 aromatic heterocycles. The summed E-state index contributed by atoms with van der Waals surface area (Å²) in [5.41, 5.74) is 7.68. The molecule has 0 aliphatic heterocycles. The lowest BCUT2D eigenvalue weighted by molar-refractivity contribution is -0.118. The van der Waals surface area contributed by atoms with Crippen LogP contribution in [0.4, 0.5) is 5.69 Å². The fourth-order valence-corrected chi connectivity index (χ4v) is 1.98. The van der Waals surface area contributed by atoms with Gasteiger partial charge >= 0.3 is 0 Å². The highest BCUT2D eigenvalue weighted by atomic mass is 35.5. The number of rotatable bonds is 6. The summed E-state index contributed by atoms with van der Waals surface area (Å²) in [6, 6.07) is 10.7. The number of hydrogen-bond donors (Lipinski definition) is 2. The highest BCUT2D eigenvalue weighted by molar-refractivity contribution is 5.94. The van der Waals surface area contributed by atoms with E-state index in [-0.39, 0.29) is 24.2 Å². The number of anilines is 1. The lowest BCUT2D eigenvalue weighted by Gasteiger charge is -2.17. The Hall–Kier alpha value is -2.11. The van der Waals surface area contributed by atoms with Gasteiger partial charge in [-0.15, -0.1) is 12.4 Å². The topological polar surface area (TPSA) is 77.2 Å². The van der Waals surface area contributed by atoms with Crippen LogP contribution >= 0.6 is 12.4 Å². The number of nitrogens with two attached hydrogens (primary N) is 1. The van der Waals surface area contributed by atoms with Crippen LogP contribution in [-0.4, -0.2) is 16.9 Å². The Balaban J connectivity index is 0.00000288. The Morgan fingerprint density at radius 1 is 1.25 bits per heavy atom. The fourth-order valence-electron chi connectivity index (χ4n) is 1.98. The van der Waals surface area contributed by atoms with Crippen LogP contribution in [0.25, 0.3) is 0 Å². The van der Waals surface area contributed by atoms with Crippen molar-refractivity contribution >= 4 is 24.0 Å². The van der Waals surface area contributed by atoms with E-state index in [1.165, 1.54) is 5.56 Å². The fraction of sp³-hybridized carbons (Fsp3) is 0.333. The minimum absolute atomic E-state index is 0. The van der Waals surface area contributed by atoms with Crippen molar-refractivity contribution in [1.29, 1.82) is 0 Å². The van der Waals surface area contributed by atoms with Crippen molar-refractivity contribution < 1.29 is 9.53 Å². The molecule has 0 radical (unpaired) electrons. The summed E-state index contributed by atoms with van der Waals surface area (Å²) >= 11 is 0. The maximum Gasteiger partial charge on any atom is 0.241 e. The number of halogens is 1. The number of pyridine rings is 1. The number of amides is 1. The second kappa shape index (κ2) is 9.25. The van der Waals surface area contributed by atoms with Crippen molar-refractivity contribution in [2.24, 2.45) is 11.7 Å². The first kappa shape index (κ1) is 19.9. The molecule has 2 atom stereocenters. The molecule has 0 aliphatic rings. The molecule has 0 saturated heterocycles. The zero-order chi connectivity index (χ0) is 16.8. The number of ether oxygens (including phenoxy) is 1. The number of nitrogens with zero attached hydrogens (tertiary/aromatic N) is 1. The zero-order valence-corrected chi connectivity index (χ0v) is 15.0. The Bertz CT molecular complexity index is 644. The van der Waals surface area contributed by atoms with Crippen LogP contribution in [-0.2, 0) is 4.79 Å². The molecule has 24 heavy (non-hydrogen) atoms. The van der Waals surface area contributed by atoms with Crippen LogP contribution < -0.4 is 15.8 Å². The molecule has 1 heterocycles. The molecule has 0 saturated carbocycles. The SMILES string of the molecule is CCC(C)C(N)C(=O)Nc1ccc(Oc2ccc(C)cc2)nc1.Cl. The highest BCUT2D eigenvalue weighted by Gasteiger charge is 2.19. The second-order valence-electron chi connectivity index (χ2n) is 5.70. The lowest BCUT2D eigenvalue weighted by Crippen LogP contribution is -2.40. The van der Waals surface area contributed by atoms with Gasteiger partial charge in [0.1, 0.15) is 5.75 Å². The molecular formula is C18H24ClN3O2. The van der Waals surface area contributed by atoms with Gasteiger partial charge in [-0.2, -0.15) is 0 Å². The minimum atomic E-state index is -0.525. The molecule has 0 aliphatic carbocycles. The van der Waals surface area contributed by atoms with Crippen molar-refractivity contribution in [2.75, 3.05) is 5.32 Å². The summed E-state index contributed by atoms with van der Waals surface area (Å²) in [6.07, 6.45) is 2.42. The van der Waals surface area contributed by atoms with Crippen molar-refractivity contribution in [3.8, 4) is 11.6 Å². The van der Waals surface area contributed by atoms with Gasteiger partial charge in [0.05, 0.1) is 17.9 Å². The second-order valence-corrected chi connectivity index (χ2v) is 5.70. The van der Waals surface area contributed by atoms with E-state index in [4.69, 9.17) is 10.5 Å². The maximum absolute atomic E-state index is 12.0. The van der Waals surface area contributed by atoms with E-state index in [2.05, 4.69) is 10.3 Å². The van der Waals surface area contributed by atoms with E-state index < -0.39 is 6.04 Å². The molecule has 1 amide bonds. The number of carbonyl (C=O) groups excluding carboxylic acids is 1. The molecule has 5 nitrogen and oxygen atoms in total. The van der Waals surface area contributed by atoms with Gasteiger partial charge in [-0.25, -0.2) is 4.98 Å². The predicted molar refractivity (Wildman–Crippen MR) is 98.8 cm³/mol. The molecular weight excluding hydrogens is 326 g/mol. The van der Waals surface area contributed by atoms with E-state index >= 15 is 0 Å². The first-order valence-electron chi connectivity index (χ1n) is 7.76. The third-order valence-electron chi connectivity index (χ3n) is 3.81. The number of carbonyl (C=O) groups is 1.